The van der Waals surface area contributed by atoms with Gasteiger partial charge in [-0.25, -0.2) is 0 Å². The van der Waals surface area contributed by atoms with Gasteiger partial charge in [0.15, 0.2) is 0 Å². The van der Waals surface area contributed by atoms with Gasteiger partial charge in [0, 0.05) is 6.61 Å². The molecule has 1 rings (SSSR count). The van der Waals surface area contributed by atoms with Crippen LogP contribution in [0.2, 0.25) is 0 Å². The van der Waals surface area contributed by atoms with Crippen molar-refractivity contribution in [3.8, 4) is 6.42 Å². The van der Waals surface area contributed by atoms with Crippen LogP contribution in [0.3, 0.4) is 0 Å². The summed E-state index contributed by atoms with van der Waals surface area (Å²) >= 11 is 0. The topological polar surface area (TPSA) is 20.2 Å². The average Bonchev–Trinajstić information content (AvgIpc) is 2.25. The van der Waals surface area contributed by atoms with Crippen LogP contribution in [0.4, 0.5) is 0 Å². The third kappa shape index (κ3) is 22.8. The molecule has 0 bridgehead atoms. The van der Waals surface area contributed by atoms with E-state index in [-0.39, 0.29) is 48.9 Å². The molecule has 0 aliphatic rings. The fourth-order valence-electron chi connectivity index (χ4n) is 0.500. The van der Waals surface area contributed by atoms with E-state index in [1.54, 1.807) is 0 Å². The van der Waals surface area contributed by atoms with Crippen molar-refractivity contribution < 1.29 is 5.11 Å². The van der Waals surface area contributed by atoms with E-state index in [0.29, 0.717) is 6.61 Å². The van der Waals surface area contributed by atoms with Gasteiger partial charge < -0.3 is 18.0 Å². The van der Waals surface area contributed by atoms with Crippen LogP contribution in [0.15, 0.2) is 30.3 Å². The van der Waals surface area contributed by atoms with Crippen molar-refractivity contribution in [1.29, 1.82) is 0 Å². The van der Waals surface area contributed by atoms with Gasteiger partial charge in [-0.2, -0.15) is 36.4 Å². The molecule has 0 spiro atoms. The van der Waals surface area contributed by atoms with Crippen molar-refractivity contribution in [3.05, 3.63) is 42.8 Å². The molecule has 0 aliphatic carbocycles. The number of unbranched alkanes of at least 4 members (excludes halogenated alkanes) is 1. The Hall–Kier alpha value is 0.311. The Balaban J connectivity index is -0.000000141. The molecule has 0 amide bonds. The summed E-state index contributed by atoms with van der Waals surface area (Å²) in [4.78, 5) is 0. The maximum Gasteiger partial charge on any atom is 2.00 e. The molecule has 0 unspecified atom stereocenters. The van der Waals surface area contributed by atoms with E-state index in [9.17, 15) is 0 Å². The van der Waals surface area contributed by atoms with Gasteiger partial charge in [-0.05, 0) is 6.42 Å². The molecule has 0 fully saturated rings. The SMILES string of the molecule is CCCCO.[Ba+2].[C-]#C.[c-]1ccccc1. The van der Waals surface area contributed by atoms with Gasteiger partial charge >= 0.3 is 48.9 Å². The van der Waals surface area contributed by atoms with E-state index in [1.165, 1.54) is 0 Å². The summed E-state index contributed by atoms with van der Waals surface area (Å²) in [5, 5.41) is 8.07. The zero-order chi connectivity index (χ0) is 10.4. The minimum absolute atomic E-state index is 0. The Labute approximate surface area is 128 Å². The molecule has 0 saturated heterocycles. The summed E-state index contributed by atoms with van der Waals surface area (Å²) in [5.41, 5.74) is 0. The number of hydrogen-bond donors (Lipinski definition) is 1. The zero-order valence-electron chi connectivity index (χ0n) is 8.74. The van der Waals surface area contributed by atoms with Gasteiger partial charge in [-0.15, -0.1) is 0 Å². The molecular formula is C12H16BaO. The Kier molecular flexibility index (Phi) is 32.9. The number of rotatable bonds is 2. The van der Waals surface area contributed by atoms with Crippen LogP contribution in [0.5, 0.6) is 0 Å². The number of benzene rings is 1. The fraction of sp³-hybridized carbons (Fsp3) is 0.333. The first kappa shape index (κ1) is 19.8. The van der Waals surface area contributed by atoms with Crippen LogP contribution in [0, 0.1) is 18.9 Å². The van der Waals surface area contributed by atoms with Crippen LogP contribution in [-0.2, 0) is 0 Å². The van der Waals surface area contributed by atoms with Crippen molar-refractivity contribution in [2.24, 2.45) is 0 Å². The predicted molar refractivity (Wildman–Crippen MR) is 61.2 cm³/mol. The summed E-state index contributed by atoms with van der Waals surface area (Å²) in [6, 6.07) is 12.5. The average molecular weight is 314 g/mol. The van der Waals surface area contributed by atoms with Crippen LogP contribution in [0.25, 0.3) is 0 Å². The maximum absolute atomic E-state index is 8.07. The summed E-state index contributed by atoms with van der Waals surface area (Å²) in [6.07, 6.45) is 11.0. The van der Waals surface area contributed by atoms with Gasteiger partial charge in [0.25, 0.3) is 0 Å². The van der Waals surface area contributed by atoms with E-state index in [1.807, 2.05) is 30.3 Å². The number of aliphatic hydroxyl groups excluding tert-OH is 1. The van der Waals surface area contributed by atoms with Gasteiger partial charge in [0.1, 0.15) is 0 Å². The molecule has 0 atom stereocenters. The van der Waals surface area contributed by atoms with E-state index in [0.717, 1.165) is 12.8 Å². The van der Waals surface area contributed by atoms with Gasteiger partial charge in [-0.1, -0.05) is 13.3 Å². The molecule has 1 N–H and O–H groups in total. The quantitative estimate of drug-likeness (QED) is 0.504. The minimum atomic E-state index is 0. The van der Waals surface area contributed by atoms with Crippen LogP contribution >= 0.6 is 0 Å². The second-order valence-electron chi connectivity index (χ2n) is 2.15. The van der Waals surface area contributed by atoms with Crippen molar-refractivity contribution >= 4 is 48.9 Å². The van der Waals surface area contributed by atoms with Crippen LogP contribution < -0.4 is 0 Å². The molecule has 72 valence electrons. The zero-order valence-corrected chi connectivity index (χ0v) is 13.2. The number of hydrogen-bond acceptors (Lipinski definition) is 1. The Morgan fingerprint density at radius 2 is 1.71 bits per heavy atom. The predicted octanol–water partition coefficient (Wildman–Crippen LogP) is 2.09. The van der Waals surface area contributed by atoms with E-state index in [4.69, 9.17) is 11.5 Å². The number of terminal acetylenes is 1. The van der Waals surface area contributed by atoms with Gasteiger partial charge in [-0.3, -0.25) is 0 Å². The molecule has 1 aromatic rings. The third-order valence-corrected chi connectivity index (χ3v) is 1.12. The Morgan fingerprint density at radius 1 is 1.21 bits per heavy atom. The van der Waals surface area contributed by atoms with E-state index in [2.05, 4.69) is 19.4 Å². The second-order valence-corrected chi connectivity index (χ2v) is 2.15. The number of aliphatic hydroxyl groups is 1. The molecule has 14 heavy (non-hydrogen) atoms. The van der Waals surface area contributed by atoms with E-state index >= 15 is 0 Å². The van der Waals surface area contributed by atoms with Crippen molar-refractivity contribution in [2.75, 3.05) is 6.61 Å². The molecule has 0 radical (unpaired) electrons. The van der Waals surface area contributed by atoms with Crippen LogP contribution in [0.1, 0.15) is 19.8 Å². The van der Waals surface area contributed by atoms with Gasteiger partial charge in [0.2, 0.25) is 0 Å². The summed E-state index contributed by atoms with van der Waals surface area (Å²) in [6.45, 7) is 2.40. The smallest absolute Gasteiger partial charge is 0.697 e. The summed E-state index contributed by atoms with van der Waals surface area (Å²) in [5.74, 6) is 0. The standard InChI is InChI=1S/C6H5.C4H10O.C2H.Ba/c1-2-4-6-5-3-1;1-2-3-4-5;1-2;/h1-5H;5H,2-4H2,1H3;1H;/q-1;;-1;+2. The fourth-order valence-corrected chi connectivity index (χ4v) is 0.500. The summed E-state index contributed by atoms with van der Waals surface area (Å²) < 4.78 is 0. The first-order chi connectivity index (χ1) is 6.41. The molecule has 0 saturated carbocycles. The van der Waals surface area contributed by atoms with Crippen molar-refractivity contribution in [1.82, 2.24) is 0 Å². The Morgan fingerprint density at radius 3 is 1.79 bits per heavy atom. The van der Waals surface area contributed by atoms with Crippen LogP contribution in [-0.4, -0.2) is 60.6 Å². The maximum atomic E-state index is 8.07. The van der Waals surface area contributed by atoms with Crippen molar-refractivity contribution in [2.45, 2.75) is 19.8 Å². The summed E-state index contributed by atoms with van der Waals surface area (Å²) in [7, 11) is 0. The first-order valence-electron chi connectivity index (χ1n) is 4.22. The molecule has 0 aromatic heterocycles. The minimum Gasteiger partial charge on any atom is -0.697 e. The molecule has 1 aromatic carbocycles. The normalized spacial score (nSPS) is 6.57. The van der Waals surface area contributed by atoms with E-state index < -0.39 is 0 Å². The second kappa shape index (κ2) is 23.3. The monoisotopic (exact) mass is 314 g/mol. The molecule has 1 nitrogen and oxygen atoms in total. The van der Waals surface area contributed by atoms with Crippen molar-refractivity contribution in [3.63, 3.8) is 0 Å². The molecule has 2 heteroatoms. The molecular weight excluding hydrogens is 297 g/mol. The Bertz CT molecular complexity index is 143. The molecule has 0 heterocycles. The first-order valence-corrected chi connectivity index (χ1v) is 4.22. The van der Waals surface area contributed by atoms with Gasteiger partial charge in [0.05, 0.1) is 0 Å². The molecule has 0 aliphatic heterocycles. The largest absolute Gasteiger partial charge is 2.00 e. The third-order valence-electron chi connectivity index (χ3n) is 1.12.